The van der Waals surface area contributed by atoms with E-state index in [2.05, 4.69) is 15.2 Å². The van der Waals surface area contributed by atoms with E-state index < -0.39 is 4.92 Å². The lowest BCUT2D eigenvalue weighted by molar-refractivity contribution is -0.384. The van der Waals surface area contributed by atoms with Crippen molar-refractivity contribution < 1.29 is 4.92 Å². The number of H-pyrrole nitrogens is 1. The lowest BCUT2D eigenvalue weighted by Crippen LogP contribution is -1.88. The fourth-order valence-corrected chi connectivity index (χ4v) is 1.84. The van der Waals surface area contributed by atoms with Crippen molar-refractivity contribution >= 4 is 28.5 Å². The van der Waals surface area contributed by atoms with E-state index in [1.165, 1.54) is 12.1 Å². The van der Waals surface area contributed by atoms with E-state index in [0.29, 0.717) is 0 Å². The van der Waals surface area contributed by atoms with E-state index in [-0.39, 0.29) is 5.69 Å². The molecule has 98 valence electrons. The van der Waals surface area contributed by atoms with Crippen molar-refractivity contribution in [2.24, 2.45) is 4.99 Å². The first-order chi connectivity index (χ1) is 9.72. The van der Waals surface area contributed by atoms with Crippen LogP contribution in [0, 0.1) is 10.1 Å². The number of hydrogen-bond acceptors (Lipinski definition) is 4. The summed E-state index contributed by atoms with van der Waals surface area (Å²) in [5, 5.41) is 18.4. The first-order valence-corrected chi connectivity index (χ1v) is 5.94. The number of aromatic nitrogens is 2. The van der Waals surface area contributed by atoms with Crippen molar-refractivity contribution in [1.29, 1.82) is 0 Å². The zero-order chi connectivity index (χ0) is 13.9. The molecule has 0 atom stereocenters. The Morgan fingerprint density at radius 1 is 1.20 bits per heavy atom. The number of aliphatic imine (C=N–C) groups is 1. The average molecular weight is 266 g/mol. The van der Waals surface area contributed by atoms with Gasteiger partial charge in [0.1, 0.15) is 0 Å². The molecule has 3 rings (SSSR count). The predicted octanol–water partition coefficient (Wildman–Crippen LogP) is 3.22. The van der Waals surface area contributed by atoms with E-state index in [1.807, 2.05) is 18.2 Å². The van der Waals surface area contributed by atoms with Crippen LogP contribution in [0.3, 0.4) is 0 Å². The Hall–Kier alpha value is -3.02. The highest BCUT2D eigenvalue weighted by Crippen LogP contribution is 2.19. The predicted molar refractivity (Wildman–Crippen MR) is 76.4 cm³/mol. The van der Waals surface area contributed by atoms with Crippen LogP contribution >= 0.6 is 0 Å². The molecular weight excluding hydrogens is 256 g/mol. The molecule has 0 fully saturated rings. The minimum absolute atomic E-state index is 0.0713. The fourth-order valence-electron chi connectivity index (χ4n) is 1.84. The number of hydrogen-bond donors (Lipinski definition) is 1. The van der Waals surface area contributed by atoms with Gasteiger partial charge in [-0.05, 0) is 35.9 Å². The number of nitro benzene ring substituents is 1. The molecule has 1 aromatic heterocycles. The molecular formula is C14H10N4O2. The van der Waals surface area contributed by atoms with Crippen LogP contribution in [-0.2, 0) is 0 Å². The standard InChI is InChI=1S/C14H10N4O2/c19-18(20)13-4-1-10(2-5-13)8-15-12-3-6-14-11(7-12)9-16-17-14/h1-9H,(H,16,17). The summed E-state index contributed by atoms with van der Waals surface area (Å²) in [5.41, 5.74) is 2.64. The smallest absolute Gasteiger partial charge is 0.269 e. The van der Waals surface area contributed by atoms with Crippen LogP contribution in [0.15, 0.2) is 53.7 Å². The molecule has 20 heavy (non-hydrogen) atoms. The van der Waals surface area contributed by atoms with Gasteiger partial charge in [0.25, 0.3) is 5.69 Å². The van der Waals surface area contributed by atoms with Crippen molar-refractivity contribution in [3.63, 3.8) is 0 Å². The van der Waals surface area contributed by atoms with E-state index in [0.717, 1.165) is 22.2 Å². The molecule has 0 saturated carbocycles. The molecule has 0 aliphatic carbocycles. The fraction of sp³-hybridized carbons (Fsp3) is 0. The highest BCUT2D eigenvalue weighted by Gasteiger charge is 2.02. The summed E-state index contributed by atoms with van der Waals surface area (Å²) in [6.07, 6.45) is 3.41. The van der Waals surface area contributed by atoms with Gasteiger partial charge in [-0.3, -0.25) is 20.2 Å². The molecule has 6 nitrogen and oxygen atoms in total. The Morgan fingerprint density at radius 3 is 2.75 bits per heavy atom. The zero-order valence-electron chi connectivity index (χ0n) is 10.4. The lowest BCUT2D eigenvalue weighted by Gasteiger charge is -1.95. The number of non-ortho nitro benzene ring substituents is 1. The van der Waals surface area contributed by atoms with Gasteiger partial charge >= 0.3 is 0 Å². The van der Waals surface area contributed by atoms with Gasteiger partial charge in [-0.25, -0.2) is 0 Å². The van der Waals surface area contributed by atoms with Gasteiger partial charge in [-0.15, -0.1) is 0 Å². The lowest BCUT2D eigenvalue weighted by atomic mass is 10.2. The summed E-state index contributed by atoms with van der Waals surface area (Å²) < 4.78 is 0. The number of nitrogens with one attached hydrogen (secondary N) is 1. The molecule has 3 aromatic rings. The molecule has 0 saturated heterocycles. The maximum atomic E-state index is 10.6. The topological polar surface area (TPSA) is 84.2 Å². The molecule has 0 bridgehead atoms. The second-order valence-corrected chi connectivity index (χ2v) is 4.25. The van der Waals surface area contributed by atoms with Crippen molar-refractivity contribution in [1.82, 2.24) is 10.2 Å². The monoisotopic (exact) mass is 266 g/mol. The molecule has 6 heteroatoms. The molecule has 0 spiro atoms. The van der Waals surface area contributed by atoms with Crippen LogP contribution in [0.5, 0.6) is 0 Å². The van der Waals surface area contributed by atoms with Gasteiger partial charge in [0, 0.05) is 23.7 Å². The Balaban J connectivity index is 1.83. The van der Waals surface area contributed by atoms with Crippen molar-refractivity contribution in [3.8, 4) is 0 Å². The number of benzene rings is 2. The average Bonchev–Trinajstić information content (AvgIpc) is 2.93. The summed E-state index contributed by atoms with van der Waals surface area (Å²) in [4.78, 5) is 14.5. The van der Waals surface area contributed by atoms with Crippen molar-refractivity contribution in [2.45, 2.75) is 0 Å². The third-order valence-electron chi connectivity index (χ3n) is 2.89. The number of aromatic amines is 1. The highest BCUT2D eigenvalue weighted by atomic mass is 16.6. The molecule has 1 heterocycles. The van der Waals surface area contributed by atoms with E-state index in [1.54, 1.807) is 24.5 Å². The zero-order valence-corrected chi connectivity index (χ0v) is 10.4. The Morgan fingerprint density at radius 2 is 2.00 bits per heavy atom. The maximum Gasteiger partial charge on any atom is 0.269 e. The SMILES string of the molecule is O=[N+]([O-])c1ccc(C=Nc2ccc3[nH]ncc3c2)cc1. The van der Waals surface area contributed by atoms with E-state index in [9.17, 15) is 10.1 Å². The van der Waals surface area contributed by atoms with E-state index >= 15 is 0 Å². The molecule has 0 aliphatic heterocycles. The Kier molecular flexibility index (Phi) is 2.96. The Bertz CT molecular complexity index is 790. The first-order valence-electron chi connectivity index (χ1n) is 5.94. The van der Waals surface area contributed by atoms with Crippen LogP contribution in [0.2, 0.25) is 0 Å². The highest BCUT2D eigenvalue weighted by molar-refractivity contribution is 5.85. The summed E-state index contributed by atoms with van der Waals surface area (Å²) in [5.74, 6) is 0. The van der Waals surface area contributed by atoms with E-state index in [4.69, 9.17) is 0 Å². The van der Waals surface area contributed by atoms with Crippen LogP contribution in [0.1, 0.15) is 5.56 Å². The molecule has 0 radical (unpaired) electrons. The second-order valence-electron chi connectivity index (χ2n) is 4.25. The number of rotatable bonds is 3. The maximum absolute atomic E-state index is 10.6. The minimum Gasteiger partial charge on any atom is -0.278 e. The van der Waals surface area contributed by atoms with Crippen LogP contribution in [0.4, 0.5) is 11.4 Å². The summed E-state index contributed by atoms with van der Waals surface area (Å²) in [6.45, 7) is 0. The molecule has 0 aliphatic rings. The summed E-state index contributed by atoms with van der Waals surface area (Å²) >= 11 is 0. The Labute approximate surface area is 113 Å². The van der Waals surface area contributed by atoms with Crippen molar-refractivity contribution in [3.05, 3.63) is 64.3 Å². The van der Waals surface area contributed by atoms with Crippen LogP contribution in [-0.4, -0.2) is 21.3 Å². The third-order valence-corrected chi connectivity index (χ3v) is 2.89. The third kappa shape index (κ3) is 2.39. The second kappa shape index (κ2) is 4.93. The summed E-state index contributed by atoms with van der Waals surface area (Å²) in [7, 11) is 0. The van der Waals surface area contributed by atoms with Gasteiger partial charge in [0.05, 0.1) is 22.3 Å². The van der Waals surface area contributed by atoms with Crippen LogP contribution < -0.4 is 0 Å². The minimum atomic E-state index is -0.423. The number of nitrogens with zero attached hydrogens (tertiary/aromatic N) is 3. The molecule has 0 amide bonds. The molecule has 0 unspecified atom stereocenters. The van der Waals surface area contributed by atoms with Gasteiger partial charge in [0.15, 0.2) is 0 Å². The number of nitro groups is 1. The van der Waals surface area contributed by atoms with Gasteiger partial charge in [-0.1, -0.05) is 0 Å². The van der Waals surface area contributed by atoms with Gasteiger partial charge in [0.2, 0.25) is 0 Å². The molecule has 2 aromatic carbocycles. The van der Waals surface area contributed by atoms with Gasteiger partial charge < -0.3 is 0 Å². The van der Waals surface area contributed by atoms with Crippen LogP contribution in [0.25, 0.3) is 10.9 Å². The molecule has 1 N–H and O–H groups in total. The number of fused-ring (bicyclic) bond motifs is 1. The largest absolute Gasteiger partial charge is 0.278 e. The summed E-state index contributed by atoms with van der Waals surface area (Å²) in [6, 6.07) is 11.9. The van der Waals surface area contributed by atoms with Crippen molar-refractivity contribution in [2.75, 3.05) is 0 Å². The first kappa shape index (κ1) is 12.0. The normalized spacial score (nSPS) is 11.2. The quantitative estimate of drug-likeness (QED) is 0.448. The van der Waals surface area contributed by atoms with Gasteiger partial charge in [-0.2, -0.15) is 5.10 Å².